The molecule has 1 heterocycles. The molecule has 0 aliphatic heterocycles. The van der Waals surface area contributed by atoms with Crippen LogP contribution in [0.3, 0.4) is 0 Å². The van der Waals surface area contributed by atoms with Crippen molar-refractivity contribution in [2.45, 2.75) is 54.5 Å². The van der Waals surface area contributed by atoms with Crippen molar-refractivity contribution in [3.8, 4) is 0 Å². The van der Waals surface area contributed by atoms with E-state index in [2.05, 4.69) is 22.4 Å². The maximum absolute atomic E-state index is 12.7. The normalized spacial score (nSPS) is 11.1. The molecule has 3 rings (SSSR count). The fourth-order valence-corrected chi connectivity index (χ4v) is 3.64. The molecule has 1 aromatic heterocycles. The van der Waals surface area contributed by atoms with Crippen molar-refractivity contribution in [1.82, 2.24) is 9.55 Å². The van der Waals surface area contributed by atoms with Crippen LogP contribution in [0.2, 0.25) is 0 Å². The molecule has 5 nitrogen and oxygen atoms in total. The van der Waals surface area contributed by atoms with E-state index in [9.17, 15) is 9.59 Å². The summed E-state index contributed by atoms with van der Waals surface area (Å²) in [5.41, 5.74) is 8.19. The molecule has 2 aromatic carbocycles. The molecule has 1 amide bonds. The van der Waals surface area contributed by atoms with Crippen LogP contribution in [0.1, 0.15) is 39.9 Å². The highest BCUT2D eigenvalue weighted by Crippen LogP contribution is 2.22. The molecular formula is C23H27N3O2. The van der Waals surface area contributed by atoms with Gasteiger partial charge in [0.25, 0.3) is 5.56 Å². The summed E-state index contributed by atoms with van der Waals surface area (Å²) >= 11 is 0. The van der Waals surface area contributed by atoms with Gasteiger partial charge in [0, 0.05) is 18.7 Å². The number of anilines is 1. The Morgan fingerprint density at radius 1 is 0.929 bits per heavy atom. The molecule has 28 heavy (non-hydrogen) atoms. The molecule has 0 saturated heterocycles. The van der Waals surface area contributed by atoms with Crippen molar-refractivity contribution in [3.63, 3.8) is 0 Å². The molecule has 0 saturated carbocycles. The Morgan fingerprint density at radius 2 is 1.54 bits per heavy atom. The standard InChI is InChI=1S/C23H27N3O2/c1-13-9-16(4)22(17(5)10-13)25-21(27)7-8-26-20-12-15(3)14(2)11-19(20)24-18(6)23(26)28/h9-12H,7-8H2,1-6H3,(H,25,27). The lowest BCUT2D eigenvalue weighted by atomic mass is 10.0. The van der Waals surface area contributed by atoms with Crippen molar-refractivity contribution < 1.29 is 4.79 Å². The number of rotatable bonds is 4. The van der Waals surface area contributed by atoms with Gasteiger partial charge in [0.1, 0.15) is 5.69 Å². The summed E-state index contributed by atoms with van der Waals surface area (Å²) in [6.45, 7) is 12.1. The molecule has 3 aromatic rings. The van der Waals surface area contributed by atoms with E-state index in [-0.39, 0.29) is 17.9 Å². The largest absolute Gasteiger partial charge is 0.326 e. The van der Waals surface area contributed by atoms with Gasteiger partial charge in [-0.1, -0.05) is 17.7 Å². The van der Waals surface area contributed by atoms with Crippen LogP contribution in [-0.4, -0.2) is 15.5 Å². The lowest BCUT2D eigenvalue weighted by Crippen LogP contribution is -2.26. The predicted octanol–water partition coefficient (Wildman–Crippen LogP) is 4.28. The smallest absolute Gasteiger partial charge is 0.272 e. The highest BCUT2D eigenvalue weighted by Gasteiger charge is 2.13. The Balaban J connectivity index is 1.88. The van der Waals surface area contributed by atoms with Crippen molar-refractivity contribution in [2.24, 2.45) is 0 Å². The van der Waals surface area contributed by atoms with Crippen molar-refractivity contribution in [3.05, 3.63) is 68.1 Å². The van der Waals surface area contributed by atoms with Crippen LogP contribution < -0.4 is 10.9 Å². The molecule has 0 fully saturated rings. The number of fused-ring (bicyclic) bond motifs is 1. The molecule has 0 unspecified atom stereocenters. The SMILES string of the molecule is Cc1cc(C)c(NC(=O)CCn2c(=O)c(C)nc3cc(C)c(C)cc32)c(C)c1. The number of aryl methyl sites for hydroxylation is 7. The molecule has 0 spiro atoms. The van der Waals surface area contributed by atoms with Gasteiger partial charge in [-0.05, 0) is 75.9 Å². The van der Waals surface area contributed by atoms with Crippen molar-refractivity contribution >= 4 is 22.6 Å². The summed E-state index contributed by atoms with van der Waals surface area (Å²) in [7, 11) is 0. The van der Waals surface area contributed by atoms with E-state index in [1.807, 2.05) is 46.8 Å². The number of hydrogen-bond donors (Lipinski definition) is 1. The first-order valence-electron chi connectivity index (χ1n) is 9.53. The van der Waals surface area contributed by atoms with E-state index in [1.54, 1.807) is 11.5 Å². The third-order valence-electron chi connectivity index (χ3n) is 5.23. The molecular weight excluding hydrogens is 350 g/mol. The van der Waals surface area contributed by atoms with Crippen LogP contribution in [0.4, 0.5) is 5.69 Å². The van der Waals surface area contributed by atoms with Gasteiger partial charge in [-0.2, -0.15) is 0 Å². The summed E-state index contributed by atoms with van der Waals surface area (Å²) in [6.07, 6.45) is 0.220. The molecule has 0 radical (unpaired) electrons. The average molecular weight is 377 g/mol. The number of nitrogens with one attached hydrogen (secondary N) is 1. The van der Waals surface area contributed by atoms with E-state index in [1.165, 1.54) is 5.56 Å². The van der Waals surface area contributed by atoms with Crippen LogP contribution in [0, 0.1) is 41.5 Å². The van der Waals surface area contributed by atoms with E-state index < -0.39 is 0 Å². The first-order chi connectivity index (χ1) is 13.2. The number of nitrogens with zero attached hydrogens (tertiary/aromatic N) is 2. The first-order valence-corrected chi connectivity index (χ1v) is 9.53. The van der Waals surface area contributed by atoms with Gasteiger partial charge >= 0.3 is 0 Å². The van der Waals surface area contributed by atoms with Gasteiger partial charge in [-0.25, -0.2) is 4.98 Å². The molecule has 0 bridgehead atoms. The maximum atomic E-state index is 12.7. The van der Waals surface area contributed by atoms with Crippen LogP contribution >= 0.6 is 0 Å². The highest BCUT2D eigenvalue weighted by atomic mass is 16.2. The summed E-state index contributed by atoms with van der Waals surface area (Å²) in [6, 6.07) is 8.08. The zero-order valence-electron chi connectivity index (χ0n) is 17.4. The average Bonchev–Trinajstić information content (AvgIpc) is 2.60. The van der Waals surface area contributed by atoms with E-state index >= 15 is 0 Å². The van der Waals surface area contributed by atoms with Gasteiger partial charge in [0.2, 0.25) is 5.91 Å². The molecule has 0 aliphatic rings. The van der Waals surface area contributed by atoms with Crippen molar-refractivity contribution in [2.75, 3.05) is 5.32 Å². The first kappa shape index (κ1) is 19.8. The Bertz CT molecular complexity index is 1120. The number of aromatic nitrogens is 2. The Kier molecular flexibility index (Phi) is 5.36. The summed E-state index contributed by atoms with van der Waals surface area (Å²) in [5, 5.41) is 3.01. The third kappa shape index (κ3) is 3.84. The number of carbonyl (C=O) groups is 1. The minimum absolute atomic E-state index is 0.103. The highest BCUT2D eigenvalue weighted by molar-refractivity contribution is 5.92. The second-order valence-corrected chi connectivity index (χ2v) is 7.65. The van der Waals surface area contributed by atoms with E-state index in [4.69, 9.17) is 0 Å². The van der Waals surface area contributed by atoms with Crippen molar-refractivity contribution in [1.29, 1.82) is 0 Å². The molecule has 146 valence electrons. The minimum atomic E-state index is -0.147. The molecule has 0 atom stereocenters. The van der Waals surface area contributed by atoms with Crippen LogP contribution in [0.5, 0.6) is 0 Å². The van der Waals surface area contributed by atoms with Crippen LogP contribution in [0.25, 0.3) is 11.0 Å². The van der Waals surface area contributed by atoms with Crippen LogP contribution in [0.15, 0.2) is 29.1 Å². The number of benzene rings is 2. The number of amides is 1. The van der Waals surface area contributed by atoms with Gasteiger partial charge in [0.05, 0.1) is 11.0 Å². The van der Waals surface area contributed by atoms with Gasteiger partial charge in [-0.3, -0.25) is 9.59 Å². The summed E-state index contributed by atoms with van der Waals surface area (Å²) in [4.78, 5) is 29.7. The zero-order chi connectivity index (χ0) is 20.6. The third-order valence-corrected chi connectivity index (χ3v) is 5.23. The topological polar surface area (TPSA) is 64.0 Å². The number of hydrogen-bond acceptors (Lipinski definition) is 3. The van der Waals surface area contributed by atoms with Gasteiger partial charge in [0.15, 0.2) is 0 Å². The second-order valence-electron chi connectivity index (χ2n) is 7.65. The Morgan fingerprint density at radius 3 is 2.18 bits per heavy atom. The van der Waals surface area contributed by atoms with E-state index in [0.29, 0.717) is 12.2 Å². The monoisotopic (exact) mass is 377 g/mol. The Labute approximate surface area is 165 Å². The summed E-state index contributed by atoms with van der Waals surface area (Å²) < 4.78 is 1.67. The number of carbonyl (C=O) groups excluding carboxylic acids is 1. The molecule has 5 heteroatoms. The maximum Gasteiger partial charge on any atom is 0.272 e. The lowest BCUT2D eigenvalue weighted by Gasteiger charge is -2.15. The predicted molar refractivity (Wildman–Crippen MR) is 114 cm³/mol. The Hall–Kier alpha value is -2.95. The lowest BCUT2D eigenvalue weighted by molar-refractivity contribution is -0.116. The fraction of sp³-hybridized carbons (Fsp3) is 0.348. The molecule has 0 aliphatic carbocycles. The zero-order valence-corrected chi connectivity index (χ0v) is 17.4. The van der Waals surface area contributed by atoms with Crippen LogP contribution in [-0.2, 0) is 11.3 Å². The fourth-order valence-electron chi connectivity index (χ4n) is 3.64. The second kappa shape index (κ2) is 7.58. The summed E-state index contributed by atoms with van der Waals surface area (Å²) in [5.74, 6) is -0.103. The quantitative estimate of drug-likeness (QED) is 0.738. The van der Waals surface area contributed by atoms with Gasteiger partial charge < -0.3 is 9.88 Å². The van der Waals surface area contributed by atoms with E-state index in [0.717, 1.165) is 39.0 Å². The van der Waals surface area contributed by atoms with Gasteiger partial charge in [-0.15, -0.1) is 0 Å². The molecule has 1 N–H and O–H groups in total. The minimum Gasteiger partial charge on any atom is -0.326 e.